The van der Waals surface area contributed by atoms with E-state index >= 15 is 0 Å². The summed E-state index contributed by atoms with van der Waals surface area (Å²) in [6.45, 7) is 3.42. The standard InChI is InChI=1S/C9H19B/c1-10-8-6-4-2-3-5-7-9-10/h2-9H2,1H3. The molecule has 1 aliphatic heterocycles. The van der Waals surface area contributed by atoms with Crippen LogP contribution in [0.25, 0.3) is 0 Å². The van der Waals surface area contributed by atoms with Gasteiger partial charge in [0.2, 0.25) is 0 Å². The van der Waals surface area contributed by atoms with E-state index < -0.39 is 0 Å². The van der Waals surface area contributed by atoms with Crippen LogP contribution < -0.4 is 0 Å². The summed E-state index contributed by atoms with van der Waals surface area (Å²) >= 11 is 0. The first-order chi connectivity index (χ1) is 4.89. The van der Waals surface area contributed by atoms with Crippen LogP contribution in [0.1, 0.15) is 38.5 Å². The molecule has 1 saturated heterocycles. The molecule has 0 amide bonds. The third kappa shape index (κ3) is 3.29. The molecule has 0 aromatic heterocycles. The van der Waals surface area contributed by atoms with Crippen LogP contribution in [0, 0.1) is 0 Å². The highest BCUT2D eigenvalue weighted by molar-refractivity contribution is 6.57. The molecule has 1 heteroatoms. The molecule has 0 radical (unpaired) electrons. The molecular weight excluding hydrogens is 119 g/mol. The van der Waals surface area contributed by atoms with Crippen LogP contribution >= 0.6 is 0 Å². The second kappa shape index (κ2) is 4.82. The third-order valence-corrected chi connectivity index (χ3v) is 2.64. The zero-order valence-corrected chi connectivity index (χ0v) is 7.23. The molecule has 0 N–H and O–H groups in total. The SMILES string of the molecule is CB1CCCCCCCC1. The van der Waals surface area contributed by atoms with Crippen LogP contribution in [-0.2, 0) is 0 Å². The minimum atomic E-state index is 1.01. The average molecular weight is 138 g/mol. The molecule has 1 rings (SSSR count). The fourth-order valence-electron chi connectivity index (χ4n) is 1.84. The van der Waals surface area contributed by atoms with E-state index in [1.165, 1.54) is 51.2 Å². The molecule has 0 nitrogen and oxygen atoms in total. The fraction of sp³-hybridized carbons (Fsp3) is 1.00. The molecule has 58 valence electrons. The molecule has 10 heavy (non-hydrogen) atoms. The molecular formula is C9H19B. The molecule has 0 aromatic rings. The van der Waals surface area contributed by atoms with Crippen LogP contribution in [0.15, 0.2) is 0 Å². The first-order valence-electron chi connectivity index (χ1n) is 4.89. The van der Waals surface area contributed by atoms with Gasteiger partial charge in [0.05, 0.1) is 0 Å². The maximum atomic E-state index is 2.41. The van der Waals surface area contributed by atoms with E-state index in [2.05, 4.69) is 6.82 Å². The number of rotatable bonds is 0. The van der Waals surface area contributed by atoms with Crippen molar-refractivity contribution < 1.29 is 0 Å². The maximum Gasteiger partial charge on any atom is 0.136 e. The zero-order valence-electron chi connectivity index (χ0n) is 7.23. The lowest BCUT2D eigenvalue weighted by Gasteiger charge is -2.03. The van der Waals surface area contributed by atoms with Gasteiger partial charge < -0.3 is 0 Å². The van der Waals surface area contributed by atoms with Crippen molar-refractivity contribution >= 4 is 6.71 Å². The lowest BCUT2D eigenvalue weighted by Crippen LogP contribution is -2.04. The molecule has 1 fully saturated rings. The first kappa shape index (κ1) is 8.16. The monoisotopic (exact) mass is 138 g/mol. The second-order valence-electron chi connectivity index (χ2n) is 3.80. The second-order valence-corrected chi connectivity index (χ2v) is 3.80. The van der Waals surface area contributed by atoms with Gasteiger partial charge in [-0.05, 0) is 0 Å². The minimum absolute atomic E-state index is 1.01. The minimum Gasteiger partial charge on any atom is -0.0861 e. The molecule has 0 aliphatic carbocycles. The molecule has 0 unspecified atom stereocenters. The van der Waals surface area contributed by atoms with Gasteiger partial charge in [-0.25, -0.2) is 0 Å². The van der Waals surface area contributed by atoms with Crippen LogP contribution in [0.3, 0.4) is 0 Å². The van der Waals surface area contributed by atoms with E-state index in [-0.39, 0.29) is 0 Å². The van der Waals surface area contributed by atoms with E-state index in [9.17, 15) is 0 Å². The van der Waals surface area contributed by atoms with E-state index in [1.54, 1.807) is 0 Å². The van der Waals surface area contributed by atoms with Crippen molar-refractivity contribution in [2.24, 2.45) is 0 Å². The number of hydrogen-bond acceptors (Lipinski definition) is 0. The fourth-order valence-corrected chi connectivity index (χ4v) is 1.84. The lowest BCUT2D eigenvalue weighted by atomic mass is 9.46. The molecule has 1 aliphatic rings. The molecule has 0 bridgehead atoms. The molecule has 1 heterocycles. The summed E-state index contributed by atoms with van der Waals surface area (Å²) in [6, 6.07) is 0. The smallest absolute Gasteiger partial charge is 0.0861 e. The van der Waals surface area contributed by atoms with Gasteiger partial charge in [-0.2, -0.15) is 0 Å². The lowest BCUT2D eigenvalue weighted by molar-refractivity contribution is 0.633. The van der Waals surface area contributed by atoms with Gasteiger partial charge in [0, 0.05) is 0 Å². The summed E-state index contributed by atoms with van der Waals surface area (Å²) in [7, 11) is 0. The Hall–Kier alpha value is 0.0649. The van der Waals surface area contributed by atoms with Crippen LogP contribution in [0.5, 0.6) is 0 Å². The van der Waals surface area contributed by atoms with Crippen molar-refractivity contribution in [2.75, 3.05) is 0 Å². The summed E-state index contributed by atoms with van der Waals surface area (Å²) < 4.78 is 0. The summed E-state index contributed by atoms with van der Waals surface area (Å²) in [4.78, 5) is 0. The van der Waals surface area contributed by atoms with Crippen molar-refractivity contribution in [1.29, 1.82) is 0 Å². The van der Waals surface area contributed by atoms with Gasteiger partial charge in [-0.3, -0.25) is 0 Å². The largest absolute Gasteiger partial charge is 0.136 e. The molecule has 0 aromatic carbocycles. The van der Waals surface area contributed by atoms with E-state index in [0.717, 1.165) is 6.71 Å². The Bertz CT molecular complexity index is 70.8. The van der Waals surface area contributed by atoms with Crippen molar-refractivity contribution in [1.82, 2.24) is 0 Å². The highest BCUT2D eigenvalue weighted by Gasteiger charge is 2.07. The topological polar surface area (TPSA) is 0 Å². The summed E-state index contributed by atoms with van der Waals surface area (Å²) in [5.41, 5.74) is 0. The Morgan fingerprint density at radius 2 is 1.10 bits per heavy atom. The predicted octanol–water partition coefficient (Wildman–Crippen LogP) is 3.47. The van der Waals surface area contributed by atoms with Gasteiger partial charge in [-0.1, -0.05) is 58.0 Å². The van der Waals surface area contributed by atoms with Crippen molar-refractivity contribution in [3.05, 3.63) is 0 Å². The Morgan fingerprint density at radius 1 is 0.700 bits per heavy atom. The van der Waals surface area contributed by atoms with Crippen LogP contribution in [-0.4, -0.2) is 6.71 Å². The predicted molar refractivity (Wildman–Crippen MR) is 48.9 cm³/mol. The quantitative estimate of drug-likeness (QED) is 0.449. The van der Waals surface area contributed by atoms with Gasteiger partial charge in [-0.15, -0.1) is 0 Å². The zero-order chi connectivity index (χ0) is 7.23. The van der Waals surface area contributed by atoms with Gasteiger partial charge in [0.15, 0.2) is 0 Å². The first-order valence-corrected chi connectivity index (χ1v) is 4.89. The summed E-state index contributed by atoms with van der Waals surface area (Å²) in [5, 5.41) is 0. The number of hydrogen-bond donors (Lipinski definition) is 0. The highest BCUT2D eigenvalue weighted by atomic mass is 14.0. The summed E-state index contributed by atoms with van der Waals surface area (Å²) in [6.07, 6.45) is 11.9. The van der Waals surface area contributed by atoms with Crippen LogP contribution in [0.4, 0.5) is 0 Å². The Morgan fingerprint density at radius 3 is 1.60 bits per heavy atom. The Kier molecular flexibility index (Phi) is 3.93. The average Bonchev–Trinajstić information content (AvgIpc) is 2.02. The maximum absolute atomic E-state index is 2.41. The molecule has 0 spiro atoms. The third-order valence-electron chi connectivity index (χ3n) is 2.64. The van der Waals surface area contributed by atoms with Crippen molar-refractivity contribution in [2.45, 2.75) is 58.0 Å². The Balaban J connectivity index is 2.15. The molecule has 0 saturated carbocycles. The van der Waals surface area contributed by atoms with Crippen molar-refractivity contribution in [3.63, 3.8) is 0 Å². The van der Waals surface area contributed by atoms with Gasteiger partial charge in [0.1, 0.15) is 6.71 Å². The van der Waals surface area contributed by atoms with Gasteiger partial charge in [0.25, 0.3) is 0 Å². The molecule has 0 atom stereocenters. The van der Waals surface area contributed by atoms with E-state index in [0.29, 0.717) is 0 Å². The van der Waals surface area contributed by atoms with Gasteiger partial charge >= 0.3 is 0 Å². The van der Waals surface area contributed by atoms with Crippen LogP contribution in [0.2, 0.25) is 19.5 Å². The normalized spacial score (nSPS) is 23.1. The van der Waals surface area contributed by atoms with E-state index in [1.807, 2.05) is 0 Å². The Labute approximate surface area is 65.5 Å². The van der Waals surface area contributed by atoms with Crippen molar-refractivity contribution in [3.8, 4) is 0 Å². The van der Waals surface area contributed by atoms with E-state index in [4.69, 9.17) is 0 Å². The highest BCUT2D eigenvalue weighted by Crippen LogP contribution is 2.17. The summed E-state index contributed by atoms with van der Waals surface area (Å²) in [5.74, 6) is 0.